The van der Waals surface area contributed by atoms with Gasteiger partial charge in [0.25, 0.3) is 0 Å². The van der Waals surface area contributed by atoms with Crippen molar-refractivity contribution in [3.8, 4) is 17.2 Å². The smallest absolute Gasteiger partial charge is 0.416 e. The minimum absolute atomic E-state index is 0.0155. The highest BCUT2D eigenvalue weighted by atomic mass is 35.5. The van der Waals surface area contributed by atoms with Crippen LogP contribution in [0.5, 0.6) is 17.2 Å². The highest BCUT2D eigenvalue weighted by molar-refractivity contribution is 6.43. The van der Waals surface area contributed by atoms with Crippen LogP contribution in [0.25, 0.3) is 0 Å². The average Bonchev–Trinajstić information content (AvgIpc) is 2.83. The first-order valence-corrected chi connectivity index (χ1v) is 10.6. The van der Waals surface area contributed by atoms with Crippen molar-refractivity contribution in [1.29, 1.82) is 0 Å². The third-order valence-electron chi connectivity index (χ3n) is 4.60. The molecule has 0 aliphatic carbocycles. The number of halogens is 5. The Morgan fingerprint density at radius 3 is 2.14 bits per heavy atom. The highest BCUT2D eigenvalue weighted by Crippen LogP contribution is 2.40. The maximum Gasteiger partial charge on any atom is 0.416 e. The fourth-order valence-corrected chi connectivity index (χ4v) is 3.51. The second-order valence-electron chi connectivity index (χ2n) is 6.90. The van der Waals surface area contributed by atoms with E-state index in [0.29, 0.717) is 11.1 Å². The van der Waals surface area contributed by atoms with E-state index in [-0.39, 0.29) is 39.6 Å². The fourth-order valence-electron chi connectivity index (χ4n) is 2.97. The number of hydrogen-bond donors (Lipinski definition) is 0. The number of alkyl halides is 3. The molecule has 0 radical (unpaired) electrons. The van der Waals surface area contributed by atoms with Crippen molar-refractivity contribution in [3.63, 3.8) is 0 Å². The summed E-state index contributed by atoms with van der Waals surface area (Å²) >= 11 is 12.6. The van der Waals surface area contributed by atoms with Crippen LogP contribution in [-0.4, -0.2) is 25.9 Å². The largest absolute Gasteiger partial charge is 0.489 e. The molecule has 6 nitrogen and oxygen atoms in total. The lowest BCUT2D eigenvalue weighted by Gasteiger charge is -2.14. The van der Waals surface area contributed by atoms with Gasteiger partial charge in [0.15, 0.2) is 11.5 Å². The lowest BCUT2D eigenvalue weighted by Crippen LogP contribution is -2.19. The summed E-state index contributed by atoms with van der Waals surface area (Å²) in [6.45, 7) is 0.0155. The molecule has 0 spiro atoms. The first-order chi connectivity index (χ1) is 16.6. The summed E-state index contributed by atoms with van der Waals surface area (Å²) in [6, 6.07) is 13.9. The summed E-state index contributed by atoms with van der Waals surface area (Å²) in [6.07, 6.45) is -4.46. The Kier molecular flexibility index (Phi) is 8.48. The van der Waals surface area contributed by atoms with Crippen LogP contribution in [0.3, 0.4) is 0 Å². The van der Waals surface area contributed by atoms with Crippen LogP contribution in [0.2, 0.25) is 10.0 Å². The second-order valence-corrected chi connectivity index (χ2v) is 7.71. The van der Waals surface area contributed by atoms with E-state index < -0.39 is 17.7 Å². The van der Waals surface area contributed by atoms with E-state index in [1.807, 2.05) is 0 Å². The van der Waals surface area contributed by atoms with E-state index in [1.165, 1.54) is 26.4 Å². The molecule has 3 aromatic rings. The molecule has 3 rings (SSSR count). The normalized spacial score (nSPS) is 11.7. The number of carbonyl (C=O) groups is 1. The van der Waals surface area contributed by atoms with Crippen molar-refractivity contribution in [2.75, 3.05) is 14.2 Å². The van der Waals surface area contributed by atoms with E-state index in [9.17, 15) is 18.0 Å². The lowest BCUT2D eigenvalue weighted by molar-refractivity contribution is -0.137. The molecule has 0 aliphatic heterocycles. The molecule has 0 saturated heterocycles. The Labute approximate surface area is 208 Å². The van der Waals surface area contributed by atoms with Gasteiger partial charge in [0, 0.05) is 17.7 Å². The summed E-state index contributed by atoms with van der Waals surface area (Å²) in [7, 11) is 2.53. The molecule has 0 fully saturated rings. The topological polar surface area (TPSA) is 66.4 Å². The molecule has 0 heterocycles. The van der Waals surface area contributed by atoms with Crippen molar-refractivity contribution in [1.82, 2.24) is 0 Å². The molecule has 0 atom stereocenters. The van der Waals surface area contributed by atoms with Gasteiger partial charge in [0.05, 0.1) is 22.7 Å². The van der Waals surface area contributed by atoms with Gasteiger partial charge < -0.3 is 19.0 Å². The standard InChI is InChI=1S/C24H18Cl2F3NO5/c1-32-23(31)21(30-33-2)18-6-4-3-5-14(18)13-34-17-11-19(25)22(20(26)12-17)35-16-9-7-15(8-10-16)24(27,28)29/h3-12H,13H2,1-2H3/b30-21+. The molecule has 0 bridgehead atoms. The van der Waals surface area contributed by atoms with E-state index in [1.54, 1.807) is 24.3 Å². The number of ether oxygens (including phenoxy) is 3. The maximum atomic E-state index is 12.7. The monoisotopic (exact) mass is 527 g/mol. The molecule has 3 aromatic carbocycles. The molecule has 0 aromatic heterocycles. The number of benzene rings is 3. The quantitative estimate of drug-likeness (QED) is 0.181. The van der Waals surface area contributed by atoms with Crippen LogP contribution in [0, 0.1) is 0 Å². The van der Waals surface area contributed by atoms with Crippen LogP contribution in [0.1, 0.15) is 16.7 Å². The van der Waals surface area contributed by atoms with E-state index in [2.05, 4.69) is 5.16 Å². The highest BCUT2D eigenvalue weighted by Gasteiger charge is 2.30. The van der Waals surface area contributed by atoms with Crippen LogP contribution in [-0.2, 0) is 27.2 Å². The molecule has 0 saturated carbocycles. The van der Waals surface area contributed by atoms with Gasteiger partial charge in [-0.05, 0) is 29.8 Å². The molecule has 0 unspecified atom stereocenters. The Morgan fingerprint density at radius 1 is 0.943 bits per heavy atom. The van der Waals surface area contributed by atoms with Crippen LogP contribution in [0.15, 0.2) is 65.8 Å². The summed E-state index contributed by atoms with van der Waals surface area (Å²) in [4.78, 5) is 16.9. The summed E-state index contributed by atoms with van der Waals surface area (Å²) in [5.41, 5.74) is 0.203. The minimum atomic E-state index is -4.46. The van der Waals surface area contributed by atoms with Crippen molar-refractivity contribution in [2.24, 2.45) is 5.16 Å². The molecule has 0 aliphatic rings. The lowest BCUT2D eigenvalue weighted by atomic mass is 10.0. The first-order valence-electron chi connectivity index (χ1n) is 9.88. The number of esters is 1. The Bertz CT molecular complexity index is 1210. The van der Waals surface area contributed by atoms with E-state index in [4.69, 9.17) is 42.3 Å². The molecular weight excluding hydrogens is 510 g/mol. The van der Waals surface area contributed by atoms with Crippen molar-refractivity contribution >= 4 is 34.9 Å². The number of rotatable bonds is 8. The predicted octanol–water partition coefficient (Wildman–Crippen LogP) is 6.91. The number of methoxy groups -OCH3 is 1. The number of hydrogen-bond acceptors (Lipinski definition) is 6. The van der Waals surface area contributed by atoms with Crippen molar-refractivity contribution in [3.05, 3.63) is 87.4 Å². The van der Waals surface area contributed by atoms with Crippen molar-refractivity contribution < 1.29 is 37.0 Å². The van der Waals surface area contributed by atoms with Crippen LogP contribution >= 0.6 is 23.2 Å². The zero-order valence-electron chi connectivity index (χ0n) is 18.4. The summed E-state index contributed by atoms with van der Waals surface area (Å²) < 4.78 is 54.4. The van der Waals surface area contributed by atoms with Gasteiger partial charge in [-0.3, -0.25) is 0 Å². The van der Waals surface area contributed by atoms with Crippen LogP contribution in [0.4, 0.5) is 13.2 Å². The minimum Gasteiger partial charge on any atom is -0.489 e. The number of carbonyl (C=O) groups excluding carboxylic acids is 1. The third-order valence-corrected chi connectivity index (χ3v) is 5.16. The average molecular weight is 528 g/mol. The third kappa shape index (κ3) is 6.58. The molecule has 0 amide bonds. The first kappa shape index (κ1) is 26.2. The van der Waals surface area contributed by atoms with Crippen molar-refractivity contribution in [2.45, 2.75) is 12.8 Å². The predicted molar refractivity (Wildman–Crippen MR) is 124 cm³/mol. The number of nitrogens with zero attached hydrogens (tertiary/aromatic N) is 1. The van der Waals surface area contributed by atoms with Gasteiger partial charge in [-0.2, -0.15) is 13.2 Å². The van der Waals surface area contributed by atoms with Gasteiger partial charge in [0.1, 0.15) is 25.2 Å². The van der Waals surface area contributed by atoms with Gasteiger partial charge in [-0.25, -0.2) is 4.79 Å². The van der Waals surface area contributed by atoms with E-state index in [0.717, 1.165) is 24.3 Å². The Hall–Kier alpha value is -3.43. The van der Waals surface area contributed by atoms with E-state index >= 15 is 0 Å². The number of oxime groups is 1. The molecule has 0 N–H and O–H groups in total. The molecule has 184 valence electrons. The Balaban J connectivity index is 1.78. The zero-order chi connectivity index (χ0) is 25.6. The zero-order valence-corrected chi connectivity index (χ0v) is 19.9. The fraction of sp³-hybridized carbons (Fsp3) is 0.167. The Morgan fingerprint density at radius 2 is 1.57 bits per heavy atom. The second kappa shape index (κ2) is 11.3. The molecule has 11 heteroatoms. The van der Waals surface area contributed by atoms with Crippen LogP contribution < -0.4 is 9.47 Å². The summed E-state index contributed by atoms with van der Waals surface area (Å²) in [5, 5.41) is 3.91. The summed E-state index contributed by atoms with van der Waals surface area (Å²) in [5.74, 6) is -0.216. The van der Waals surface area contributed by atoms with Gasteiger partial charge in [-0.15, -0.1) is 0 Å². The van der Waals surface area contributed by atoms with Gasteiger partial charge in [0.2, 0.25) is 0 Å². The molecular formula is C24H18Cl2F3NO5. The molecule has 35 heavy (non-hydrogen) atoms. The SMILES string of the molecule is CO/N=C(/C(=O)OC)c1ccccc1COc1cc(Cl)c(Oc2ccc(C(F)(F)F)cc2)c(Cl)c1. The van der Waals surface area contributed by atoms with Gasteiger partial charge >= 0.3 is 12.1 Å². The van der Waals surface area contributed by atoms with Gasteiger partial charge in [-0.1, -0.05) is 52.6 Å². The maximum absolute atomic E-state index is 12.7.